The lowest BCUT2D eigenvalue weighted by atomic mass is 9.96. The normalized spacial score (nSPS) is 13.4. The third-order valence-corrected chi connectivity index (χ3v) is 4.52. The molecule has 0 bridgehead atoms. The average Bonchev–Trinajstić information content (AvgIpc) is 2.63. The molecule has 0 saturated carbocycles. The maximum absolute atomic E-state index is 6.47. The monoisotopic (exact) mass is 336 g/mol. The van der Waals surface area contributed by atoms with Gasteiger partial charge in [-0.15, -0.1) is 0 Å². The second kappa shape index (κ2) is 7.52. The van der Waals surface area contributed by atoms with Gasteiger partial charge in [0.05, 0.1) is 6.04 Å². The number of nitrogen functional groups attached to an aromatic ring is 1. The molecule has 3 aromatic rings. The van der Waals surface area contributed by atoms with Crippen molar-refractivity contribution in [2.45, 2.75) is 19.0 Å². The molecule has 0 amide bonds. The Hall–Kier alpha value is -2.29. The van der Waals surface area contributed by atoms with E-state index in [-0.39, 0.29) is 12.1 Å². The predicted molar refractivity (Wildman–Crippen MR) is 102 cm³/mol. The summed E-state index contributed by atoms with van der Waals surface area (Å²) in [7, 11) is 0. The molecule has 3 heteroatoms. The van der Waals surface area contributed by atoms with Gasteiger partial charge in [0.1, 0.15) is 0 Å². The molecule has 0 aliphatic carbocycles. The van der Waals surface area contributed by atoms with Crippen molar-refractivity contribution >= 4 is 17.3 Å². The molecule has 1 unspecified atom stereocenters. The van der Waals surface area contributed by atoms with Crippen LogP contribution in [0.3, 0.4) is 0 Å². The van der Waals surface area contributed by atoms with Crippen LogP contribution in [0.2, 0.25) is 5.02 Å². The zero-order chi connectivity index (χ0) is 16.9. The first-order valence-corrected chi connectivity index (χ1v) is 8.44. The molecule has 0 radical (unpaired) electrons. The van der Waals surface area contributed by atoms with Crippen LogP contribution in [0, 0.1) is 0 Å². The van der Waals surface area contributed by atoms with E-state index < -0.39 is 0 Å². The molecule has 24 heavy (non-hydrogen) atoms. The van der Waals surface area contributed by atoms with Crippen molar-refractivity contribution in [1.29, 1.82) is 0 Å². The molecule has 0 aliphatic rings. The summed E-state index contributed by atoms with van der Waals surface area (Å²) in [5.74, 6) is 0. The molecule has 3 rings (SSSR count). The van der Waals surface area contributed by atoms with E-state index in [2.05, 4.69) is 48.6 Å². The van der Waals surface area contributed by atoms with Crippen LogP contribution in [0.5, 0.6) is 0 Å². The minimum Gasteiger partial charge on any atom is -0.399 e. The third kappa shape index (κ3) is 3.78. The van der Waals surface area contributed by atoms with Gasteiger partial charge in [0.2, 0.25) is 0 Å². The number of hydrogen-bond donors (Lipinski definition) is 2. The number of anilines is 1. The van der Waals surface area contributed by atoms with Gasteiger partial charge in [0.25, 0.3) is 0 Å². The Balaban J connectivity index is 1.98. The minimum absolute atomic E-state index is 0.0302. The van der Waals surface area contributed by atoms with Crippen LogP contribution < -0.4 is 11.1 Å². The van der Waals surface area contributed by atoms with E-state index >= 15 is 0 Å². The van der Waals surface area contributed by atoms with Gasteiger partial charge in [0.15, 0.2) is 0 Å². The quantitative estimate of drug-likeness (QED) is 0.615. The van der Waals surface area contributed by atoms with E-state index in [1.807, 2.05) is 42.5 Å². The summed E-state index contributed by atoms with van der Waals surface area (Å²) < 4.78 is 0. The highest BCUT2D eigenvalue weighted by molar-refractivity contribution is 6.31. The predicted octanol–water partition coefficient (Wildman–Crippen LogP) is 5.36. The Bertz CT molecular complexity index is 787. The van der Waals surface area contributed by atoms with Gasteiger partial charge in [-0.05, 0) is 41.8 Å². The van der Waals surface area contributed by atoms with Crippen LogP contribution in [-0.4, -0.2) is 0 Å². The molecule has 0 saturated heterocycles. The molecular weight excluding hydrogens is 316 g/mol. The Morgan fingerprint density at radius 1 is 0.833 bits per heavy atom. The number of rotatable bonds is 5. The number of halogens is 1. The van der Waals surface area contributed by atoms with Crippen LogP contribution in [0.15, 0.2) is 78.9 Å². The molecule has 0 heterocycles. The van der Waals surface area contributed by atoms with Crippen LogP contribution in [0.1, 0.15) is 35.7 Å². The molecule has 0 fully saturated rings. The highest BCUT2D eigenvalue weighted by Crippen LogP contribution is 2.32. The third-order valence-electron chi connectivity index (χ3n) is 4.18. The summed E-state index contributed by atoms with van der Waals surface area (Å²) >= 11 is 6.47. The molecule has 2 nitrogen and oxygen atoms in total. The number of benzene rings is 3. The van der Waals surface area contributed by atoms with Gasteiger partial charge in [0, 0.05) is 16.8 Å². The van der Waals surface area contributed by atoms with Gasteiger partial charge < -0.3 is 5.73 Å². The van der Waals surface area contributed by atoms with Crippen molar-refractivity contribution in [3.8, 4) is 0 Å². The van der Waals surface area contributed by atoms with Crippen LogP contribution >= 0.6 is 11.6 Å². The summed E-state index contributed by atoms with van der Waals surface area (Å²) in [6.07, 6.45) is 0. The number of nitrogens with two attached hydrogens (primary N) is 1. The van der Waals surface area contributed by atoms with Gasteiger partial charge in [-0.2, -0.15) is 0 Å². The number of nitrogens with one attached hydrogen (secondary N) is 1. The van der Waals surface area contributed by atoms with E-state index in [0.29, 0.717) is 10.7 Å². The molecule has 3 N–H and O–H groups in total. The van der Waals surface area contributed by atoms with Crippen molar-refractivity contribution in [2.75, 3.05) is 5.73 Å². The fourth-order valence-corrected chi connectivity index (χ4v) is 3.11. The summed E-state index contributed by atoms with van der Waals surface area (Å²) in [5.41, 5.74) is 10.1. The Morgan fingerprint density at radius 3 is 2.04 bits per heavy atom. The zero-order valence-corrected chi connectivity index (χ0v) is 14.4. The van der Waals surface area contributed by atoms with Crippen molar-refractivity contribution in [3.63, 3.8) is 0 Å². The molecule has 0 aromatic heterocycles. The first-order valence-electron chi connectivity index (χ1n) is 8.06. The largest absolute Gasteiger partial charge is 0.399 e. The first kappa shape index (κ1) is 16.6. The summed E-state index contributed by atoms with van der Waals surface area (Å²) in [6.45, 7) is 2.16. The van der Waals surface area contributed by atoms with Crippen molar-refractivity contribution in [2.24, 2.45) is 0 Å². The summed E-state index contributed by atoms with van der Waals surface area (Å²) in [4.78, 5) is 0. The molecule has 122 valence electrons. The van der Waals surface area contributed by atoms with Gasteiger partial charge in [-0.25, -0.2) is 0 Å². The second-order valence-corrected chi connectivity index (χ2v) is 6.33. The minimum atomic E-state index is -0.0302. The van der Waals surface area contributed by atoms with Crippen LogP contribution in [-0.2, 0) is 0 Å². The van der Waals surface area contributed by atoms with E-state index in [1.54, 1.807) is 0 Å². The molecule has 0 spiro atoms. The van der Waals surface area contributed by atoms with Crippen molar-refractivity contribution < 1.29 is 0 Å². The second-order valence-electron chi connectivity index (χ2n) is 5.92. The SMILES string of the molecule is C[C@H](NC(c1ccccc1)c1cc(N)ccc1Cl)c1ccccc1. The summed E-state index contributed by atoms with van der Waals surface area (Å²) in [6, 6.07) is 26.5. The Kier molecular flexibility index (Phi) is 5.19. The van der Waals surface area contributed by atoms with E-state index in [9.17, 15) is 0 Å². The highest BCUT2D eigenvalue weighted by atomic mass is 35.5. The highest BCUT2D eigenvalue weighted by Gasteiger charge is 2.20. The Morgan fingerprint density at radius 2 is 1.42 bits per heavy atom. The van der Waals surface area contributed by atoms with Gasteiger partial charge in [-0.3, -0.25) is 5.32 Å². The molecule has 3 aromatic carbocycles. The van der Waals surface area contributed by atoms with Crippen LogP contribution in [0.25, 0.3) is 0 Å². The van der Waals surface area contributed by atoms with E-state index in [4.69, 9.17) is 17.3 Å². The standard InChI is InChI=1S/C21H21ClN2/c1-15(16-8-4-2-5-9-16)24-21(17-10-6-3-7-11-17)19-14-18(23)12-13-20(19)22/h2-15,21,24H,23H2,1H3/t15-,21?/m0/s1. The maximum atomic E-state index is 6.47. The molecular formula is C21H21ClN2. The van der Waals surface area contributed by atoms with Crippen molar-refractivity contribution in [1.82, 2.24) is 5.32 Å². The lowest BCUT2D eigenvalue weighted by Crippen LogP contribution is -2.26. The topological polar surface area (TPSA) is 38.0 Å². The molecule has 0 aliphatic heterocycles. The van der Waals surface area contributed by atoms with Crippen molar-refractivity contribution in [3.05, 3.63) is 101 Å². The van der Waals surface area contributed by atoms with Gasteiger partial charge >= 0.3 is 0 Å². The molecule has 2 atom stereocenters. The van der Waals surface area contributed by atoms with Gasteiger partial charge in [-0.1, -0.05) is 72.3 Å². The zero-order valence-electron chi connectivity index (χ0n) is 13.6. The lowest BCUT2D eigenvalue weighted by molar-refractivity contribution is 0.516. The fourth-order valence-electron chi connectivity index (χ4n) is 2.88. The lowest BCUT2D eigenvalue weighted by Gasteiger charge is -2.26. The Labute approximate surface area is 148 Å². The smallest absolute Gasteiger partial charge is 0.0596 e. The maximum Gasteiger partial charge on any atom is 0.0596 e. The first-order chi connectivity index (χ1) is 11.6. The average molecular weight is 337 g/mol. The van der Waals surface area contributed by atoms with E-state index in [1.165, 1.54) is 5.56 Å². The number of hydrogen-bond acceptors (Lipinski definition) is 2. The summed E-state index contributed by atoms with van der Waals surface area (Å²) in [5, 5.41) is 4.41. The fraction of sp³-hybridized carbons (Fsp3) is 0.143. The van der Waals surface area contributed by atoms with E-state index in [0.717, 1.165) is 11.1 Å². The van der Waals surface area contributed by atoms with Crippen LogP contribution in [0.4, 0.5) is 5.69 Å².